The molecule has 2 heterocycles. The summed E-state index contributed by atoms with van der Waals surface area (Å²) in [6, 6.07) is -0.126. The second kappa shape index (κ2) is 5.44. The number of carbonyl (C=O) groups excluding carboxylic acids is 1. The van der Waals surface area contributed by atoms with E-state index < -0.39 is 12.7 Å². The number of hydrogen-bond acceptors (Lipinski definition) is 3. The Bertz CT molecular complexity index is 294. The minimum atomic E-state index is -4.15. The fourth-order valence-corrected chi connectivity index (χ4v) is 2.50. The summed E-state index contributed by atoms with van der Waals surface area (Å²) in [5.41, 5.74) is 0. The van der Waals surface area contributed by atoms with Crippen molar-refractivity contribution in [1.82, 2.24) is 15.1 Å². The highest BCUT2D eigenvalue weighted by Crippen LogP contribution is 2.18. The van der Waals surface area contributed by atoms with Gasteiger partial charge >= 0.3 is 6.18 Å². The molecule has 2 rings (SSSR count). The number of nitrogens with one attached hydrogen (secondary N) is 1. The maximum absolute atomic E-state index is 12.2. The number of rotatable bonds is 2. The zero-order valence-electron chi connectivity index (χ0n) is 10.2. The standard InChI is InChI=1S/C11H18F3N3O/c12-11(13,14)8-16-4-6-17(7-5-16)10(18)9-2-1-3-15-9/h9,15H,1-8H2/t9-/m0/s1. The predicted octanol–water partition coefficient (Wildman–Crippen LogP) is 0.445. The molecule has 1 N–H and O–H groups in total. The number of alkyl halides is 3. The van der Waals surface area contributed by atoms with E-state index in [-0.39, 0.29) is 11.9 Å². The SMILES string of the molecule is O=C([C@@H]1CCCN1)N1CCN(CC(F)(F)F)CC1. The Morgan fingerprint density at radius 2 is 1.89 bits per heavy atom. The molecule has 18 heavy (non-hydrogen) atoms. The molecule has 2 saturated heterocycles. The first-order chi connectivity index (χ1) is 8.46. The molecule has 1 atom stereocenters. The quantitative estimate of drug-likeness (QED) is 0.787. The molecule has 104 valence electrons. The second-order valence-corrected chi connectivity index (χ2v) is 4.87. The molecule has 2 aliphatic rings. The minimum absolute atomic E-state index is 0.0409. The highest BCUT2D eigenvalue weighted by Gasteiger charge is 2.34. The van der Waals surface area contributed by atoms with E-state index in [1.54, 1.807) is 4.90 Å². The van der Waals surface area contributed by atoms with Crippen LogP contribution in [0.5, 0.6) is 0 Å². The summed E-state index contributed by atoms with van der Waals surface area (Å²) in [6.07, 6.45) is -2.33. The maximum Gasteiger partial charge on any atom is 0.401 e. The van der Waals surface area contributed by atoms with Gasteiger partial charge in [-0.25, -0.2) is 0 Å². The summed E-state index contributed by atoms with van der Waals surface area (Å²) >= 11 is 0. The molecule has 2 fully saturated rings. The zero-order chi connectivity index (χ0) is 13.2. The fourth-order valence-electron chi connectivity index (χ4n) is 2.50. The molecule has 0 saturated carbocycles. The summed E-state index contributed by atoms with van der Waals surface area (Å²) in [6.45, 7) is 1.37. The highest BCUT2D eigenvalue weighted by molar-refractivity contribution is 5.82. The molecule has 1 amide bonds. The van der Waals surface area contributed by atoms with Gasteiger partial charge in [0.05, 0.1) is 12.6 Å². The molecule has 0 radical (unpaired) electrons. The Balaban J connectivity index is 1.77. The van der Waals surface area contributed by atoms with E-state index in [0.717, 1.165) is 19.4 Å². The topological polar surface area (TPSA) is 35.6 Å². The molecular weight excluding hydrogens is 247 g/mol. The number of amides is 1. The monoisotopic (exact) mass is 265 g/mol. The van der Waals surface area contributed by atoms with E-state index in [0.29, 0.717) is 26.2 Å². The van der Waals surface area contributed by atoms with Gasteiger partial charge in [0.2, 0.25) is 5.91 Å². The van der Waals surface area contributed by atoms with Crippen molar-refractivity contribution in [3.63, 3.8) is 0 Å². The first-order valence-electron chi connectivity index (χ1n) is 6.27. The Labute approximate surface area is 104 Å². The van der Waals surface area contributed by atoms with E-state index in [2.05, 4.69) is 5.32 Å². The van der Waals surface area contributed by atoms with Crippen LogP contribution in [0.25, 0.3) is 0 Å². The number of carbonyl (C=O) groups is 1. The lowest BCUT2D eigenvalue weighted by atomic mass is 10.2. The average molecular weight is 265 g/mol. The lowest BCUT2D eigenvalue weighted by molar-refractivity contribution is -0.152. The Hall–Kier alpha value is -0.820. The molecular formula is C11H18F3N3O. The molecule has 4 nitrogen and oxygen atoms in total. The van der Waals surface area contributed by atoms with Gasteiger partial charge in [-0.1, -0.05) is 0 Å². The third-order valence-electron chi connectivity index (χ3n) is 3.45. The van der Waals surface area contributed by atoms with Crippen LogP contribution in [0.3, 0.4) is 0 Å². The van der Waals surface area contributed by atoms with Crippen LogP contribution in [-0.2, 0) is 4.79 Å². The molecule has 7 heteroatoms. The summed E-state index contributed by atoms with van der Waals surface area (Å²) in [4.78, 5) is 15.0. The van der Waals surface area contributed by atoms with Gasteiger partial charge in [-0.15, -0.1) is 0 Å². The lowest BCUT2D eigenvalue weighted by Crippen LogP contribution is -2.54. The van der Waals surface area contributed by atoms with Crippen LogP contribution in [-0.4, -0.2) is 67.2 Å². The van der Waals surface area contributed by atoms with Crippen molar-refractivity contribution in [2.75, 3.05) is 39.3 Å². The van der Waals surface area contributed by atoms with Crippen molar-refractivity contribution in [2.45, 2.75) is 25.1 Å². The minimum Gasteiger partial charge on any atom is -0.339 e. The van der Waals surface area contributed by atoms with Crippen LogP contribution in [0.1, 0.15) is 12.8 Å². The van der Waals surface area contributed by atoms with E-state index in [4.69, 9.17) is 0 Å². The predicted molar refractivity (Wildman–Crippen MR) is 60.1 cm³/mol. The molecule has 0 unspecified atom stereocenters. The van der Waals surface area contributed by atoms with Crippen molar-refractivity contribution in [1.29, 1.82) is 0 Å². The van der Waals surface area contributed by atoms with Gasteiger partial charge in [0.25, 0.3) is 0 Å². The van der Waals surface area contributed by atoms with Crippen LogP contribution in [0, 0.1) is 0 Å². The van der Waals surface area contributed by atoms with Crippen molar-refractivity contribution in [2.24, 2.45) is 0 Å². The first kappa shape index (κ1) is 13.6. The van der Waals surface area contributed by atoms with Gasteiger partial charge in [-0.3, -0.25) is 9.69 Å². The highest BCUT2D eigenvalue weighted by atomic mass is 19.4. The normalized spacial score (nSPS) is 26.6. The van der Waals surface area contributed by atoms with Crippen LogP contribution in [0.2, 0.25) is 0 Å². The molecule has 0 aliphatic carbocycles. The van der Waals surface area contributed by atoms with Gasteiger partial charge in [0.1, 0.15) is 0 Å². The summed E-state index contributed by atoms with van der Waals surface area (Å²) in [5.74, 6) is 0.0409. The summed E-state index contributed by atoms with van der Waals surface area (Å²) in [7, 11) is 0. The molecule has 0 spiro atoms. The van der Waals surface area contributed by atoms with E-state index in [9.17, 15) is 18.0 Å². The average Bonchev–Trinajstić information content (AvgIpc) is 2.80. The van der Waals surface area contributed by atoms with E-state index in [1.165, 1.54) is 4.90 Å². The van der Waals surface area contributed by atoms with Gasteiger partial charge in [-0.05, 0) is 19.4 Å². The molecule has 2 aliphatic heterocycles. The fraction of sp³-hybridized carbons (Fsp3) is 0.909. The smallest absolute Gasteiger partial charge is 0.339 e. The molecule has 0 aromatic carbocycles. The Morgan fingerprint density at radius 3 is 2.39 bits per heavy atom. The first-order valence-corrected chi connectivity index (χ1v) is 6.27. The van der Waals surface area contributed by atoms with Gasteiger partial charge < -0.3 is 10.2 Å². The maximum atomic E-state index is 12.2. The van der Waals surface area contributed by atoms with Gasteiger partial charge in [0.15, 0.2) is 0 Å². The van der Waals surface area contributed by atoms with Gasteiger partial charge in [-0.2, -0.15) is 13.2 Å². The third kappa shape index (κ3) is 3.58. The number of nitrogens with zero attached hydrogens (tertiary/aromatic N) is 2. The third-order valence-corrected chi connectivity index (χ3v) is 3.45. The lowest BCUT2D eigenvalue weighted by Gasteiger charge is -2.36. The molecule has 0 bridgehead atoms. The van der Waals surface area contributed by atoms with Crippen LogP contribution in [0.4, 0.5) is 13.2 Å². The van der Waals surface area contributed by atoms with Crippen LogP contribution >= 0.6 is 0 Å². The van der Waals surface area contributed by atoms with Crippen molar-refractivity contribution in [3.8, 4) is 0 Å². The largest absolute Gasteiger partial charge is 0.401 e. The van der Waals surface area contributed by atoms with Crippen LogP contribution < -0.4 is 5.32 Å². The van der Waals surface area contributed by atoms with E-state index >= 15 is 0 Å². The van der Waals surface area contributed by atoms with Crippen molar-refractivity contribution >= 4 is 5.91 Å². The molecule has 0 aromatic rings. The second-order valence-electron chi connectivity index (χ2n) is 4.87. The zero-order valence-corrected chi connectivity index (χ0v) is 10.2. The number of halogens is 3. The summed E-state index contributed by atoms with van der Waals surface area (Å²) < 4.78 is 36.6. The Kier molecular flexibility index (Phi) is 4.11. The Morgan fingerprint density at radius 1 is 1.22 bits per heavy atom. The summed E-state index contributed by atoms with van der Waals surface area (Å²) in [5, 5.41) is 3.12. The van der Waals surface area contributed by atoms with Gasteiger partial charge in [0, 0.05) is 26.2 Å². The van der Waals surface area contributed by atoms with Crippen molar-refractivity contribution in [3.05, 3.63) is 0 Å². The number of hydrogen-bond donors (Lipinski definition) is 1. The number of piperazine rings is 1. The molecule has 0 aromatic heterocycles. The van der Waals surface area contributed by atoms with Crippen LogP contribution in [0.15, 0.2) is 0 Å². The van der Waals surface area contributed by atoms with E-state index in [1.807, 2.05) is 0 Å². The van der Waals surface area contributed by atoms with Crippen molar-refractivity contribution < 1.29 is 18.0 Å².